The second kappa shape index (κ2) is 6.22. The van der Waals surface area contributed by atoms with E-state index in [-0.39, 0.29) is 5.38 Å². The summed E-state index contributed by atoms with van der Waals surface area (Å²) in [5.74, 6) is 0. The highest BCUT2D eigenvalue weighted by Crippen LogP contribution is 2.39. The van der Waals surface area contributed by atoms with Crippen LogP contribution < -0.4 is 0 Å². The molecule has 0 amide bonds. The predicted octanol–water partition coefficient (Wildman–Crippen LogP) is 5.92. The van der Waals surface area contributed by atoms with Gasteiger partial charge in [0.2, 0.25) is 0 Å². The first-order valence-electron chi connectivity index (χ1n) is 4.74. The average Bonchev–Trinajstić information content (AvgIpc) is 2.45. The van der Waals surface area contributed by atoms with Crippen molar-refractivity contribution in [1.29, 1.82) is 0 Å². The molecule has 0 nitrogen and oxygen atoms in total. The van der Waals surface area contributed by atoms with Crippen LogP contribution in [-0.2, 0) is 0 Å². The van der Waals surface area contributed by atoms with Gasteiger partial charge in [0.15, 0.2) is 0 Å². The van der Waals surface area contributed by atoms with Crippen molar-refractivity contribution in [1.82, 2.24) is 0 Å². The van der Waals surface area contributed by atoms with E-state index in [1.807, 2.05) is 6.07 Å². The number of hydrogen-bond donors (Lipinski definition) is 0. The highest BCUT2D eigenvalue weighted by molar-refractivity contribution is 7.20. The van der Waals surface area contributed by atoms with E-state index in [0.29, 0.717) is 4.34 Å². The van der Waals surface area contributed by atoms with Gasteiger partial charge < -0.3 is 0 Å². The molecule has 0 aliphatic carbocycles. The monoisotopic (exact) mass is 270 g/mol. The Morgan fingerprint density at radius 2 is 2.07 bits per heavy atom. The van der Waals surface area contributed by atoms with Crippen LogP contribution >= 0.6 is 46.1 Å². The van der Waals surface area contributed by atoms with Crippen LogP contribution in [0.2, 0.25) is 8.67 Å². The lowest BCUT2D eigenvalue weighted by atomic mass is 10.1. The molecule has 0 spiro atoms. The van der Waals surface area contributed by atoms with Crippen molar-refractivity contribution in [3.63, 3.8) is 0 Å². The first-order chi connectivity index (χ1) is 6.65. The molecule has 1 unspecified atom stereocenters. The van der Waals surface area contributed by atoms with Gasteiger partial charge in [-0.25, -0.2) is 0 Å². The summed E-state index contributed by atoms with van der Waals surface area (Å²) in [5, 5.41) is 0.0119. The Bertz CT molecular complexity index is 283. The minimum absolute atomic E-state index is 0.0119. The van der Waals surface area contributed by atoms with E-state index in [1.165, 1.54) is 24.2 Å². The lowest BCUT2D eigenvalue weighted by molar-refractivity contribution is 0.656. The summed E-state index contributed by atoms with van der Waals surface area (Å²) in [6.45, 7) is 2.18. The van der Waals surface area contributed by atoms with Gasteiger partial charge in [-0.1, -0.05) is 49.4 Å². The maximum Gasteiger partial charge on any atom is 0.0991 e. The van der Waals surface area contributed by atoms with Crippen molar-refractivity contribution in [2.75, 3.05) is 0 Å². The number of thiophene rings is 1. The summed E-state index contributed by atoms with van der Waals surface area (Å²) in [6.07, 6.45) is 4.55. The van der Waals surface area contributed by atoms with Crippen LogP contribution in [0.5, 0.6) is 0 Å². The highest BCUT2D eigenvalue weighted by Gasteiger charge is 2.14. The minimum atomic E-state index is 0.0119. The highest BCUT2D eigenvalue weighted by atomic mass is 35.5. The summed E-state index contributed by atoms with van der Waals surface area (Å²) >= 11 is 19.5. The van der Waals surface area contributed by atoms with E-state index in [4.69, 9.17) is 34.8 Å². The molecule has 0 radical (unpaired) electrons. The van der Waals surface area contributed by atoms with Crippen LogP contribution in [0.3, 0.4) is 0 Å². The van der Waals surface area contributed by atoms with Crippen molar-refractivity contribution < 1.29 is 0 Å². The third-order valence-electron chi connectivity index (χ3n) is 2.08. The second-order valence-electron chi connectivity index (χ2n) is 3.24. The molecule has 80 valence electrons. The van der Waals surface area contributed by atoms with Gasteiger partial charge >= 0.3 is 0 Å². The van der Waals surface area contributed by atoms with Gasteiger partial charge in [-0.3, -0.25) is 0 Å². The zero-order valence-corrected chi connectivity index (χ0v) is 11.1. The Kier molecular flexibility index (Phi) is 5.61. The molecule has 1 heterocycles. The predicted molar refractivity (Wildman–Crippen MR) is 67.1 cm³/mol. The largest absolute Gasteiger partial charge is 0.118 e. The molecule has 1 aromatic heterocycles. The molecule has 0 aliphatic heterocycles. The van der Waals surface area contributed by atoms with Gasteiger partial charge in [0.25, 0.3) is 0 Å². The summed E-state index contributed by atoms with van der Waals surface area (Å²) in [4.78, 5) is 0. The van der Waals surface area contributed by atoms with Crippen molar-refractivity contribution in [2.24, 2.45) is 0 Å². The molecular formula is C10H13Cl3S. The number of unbranched alkanes of at least 4 members (excludes halogenated alkanes) is 2. The van der Waals surface area contributed by atoms with Gasteiger partial charge in [-0.15, -0.1) is 22.9 Å². The lowest BCUT2D eigenvalue weighted by Crippen LogP contribution is -1.88. The van der Waals surface area contributed by atoms with Crippen LogP contribution in [0.15, 0.2) is 6.07 Å². The van der Waals surface area contributed by atoms with E-state index in [9.17, 15) is 0 Å². The van der Waals surface area contributed by atoms with Crippen molar-refractivity contribution in [3.05, 3.63) is 20.3 Å². The van der Waals surface area contributed by atoms with Gasteiger partial charge in [0, 0.05) is 5.56 Å². The molecule has 1 rings (SSSR count). The van der Waals surface area contributed by atoms with Crippen LogP contribution in [0.1, 0.15) is 43.5 Å². The Hall–Kier alpha value is 0.570. The molecular weight excluding hydrogens is 259 g/mol. The molecule has 1 atom stereocenters. The normalized spacial score (nSPS) is 13.1. The number of halogens is 3. The number of rotatable bonds is 5. The SMILES string of the molecule is CCCCCC(Cl)c1cc(Cl)sc1Cl. The lowest BCUT2D eigenvalue weighted by Gasteiger charge is -2.07. The first kappa shape index (κ1) is 12.6. The third-order valence-corrected chi connectivity index (χ3v) is 4.05. The summed E-state index contributed by atoms with van der Waals surface area (Å²) in [6, 6.07) is 1.87. The Balaban J connectivity index is 2.51. The second-order valence-corrected chi connectivity index (χ2v) is 6.06. The number of hydrogen-bond acceptors (Lipinski definition) is 1. The quantitative estimate of drug-likeness (QED) is 0.461. The maximum atomic E-state index is 6.22. The average molecular weight is 272 g/mol. The van der Waals surface area contributed by atoms with Gasteiger partial charge in [0.1, 0.15) is 0 Å². The fourth-order valence-electron chi connectivity index (χ4n) is 1.30. The molecule has 0 saturated heterocycles. The van der Waals surface area contributed by atoms with Crippen molar-refractivity contribution >= 4 is 46.1 Å². The van der Waals surface area contributed by atoms with Gasteiger partial charge in [-0.2, -0.15) is 0 Å². The number of alkyl halides is 1. The summed E-state index contributed by atoms with van der Waals surface area (Å²) in [7, 11) is 0. The Labute approximate surface area is 104 Å². The maximum absolute atomic E-state index is 6.22. The zero-order chi connectivity index (χ0) is 10.6. The third kappa shape index (κ3) is 3.62. The van der Waals surface area contributed by atoms with E-state index in [1.54, 1.807) is 0 Å². The van der Waals surface area contributed by atoms with E-state index >= 15 is 0 Å². The van der Waals surface area contributed by atoms with Crippen molar-refractivity contribution in [3.8, 4) is 0 Å². The fourth-order valence-corrected chi connectivity index (χ4v) is 3.32. The van der Waals surface area contributed by atoms with Crippen LogP contribution in [-0.4, -0.2) is 0 Å². The fraction of sp³-hybridized carbons (Fsp3) is 0.600. The molecule has 1 aromatic rings. The van der Waals surface area contributed by atoms with Gasteiger partial charge in [-0.05, 0) is 12.5 Å². The van der Waals surface area contributed by atoms with E-state index in [2.05, 4.69) is 6.92 Å². The smallest absolute Gasteiger partial charge is 0.0991 e. The van der Waals surface area contributed by atoms with Crippen molar-refractivity contribution in [2.45, 2.75) is 38.0 Å². The molecule has 0 aromatic carbocycles. The molecule has 0 bridgehead atoms. The standard InChI is InChI=1S/C10H13Cl3S/c1-2-3-4-5-8(11)7-6-9(12)14-10(7)13/h6,8H,2-5H2,1H3. The molecule has 0 N–H and O–H groups in total. The summed E-state index contributed by atoms with van der Waals surface area (Å²) in [5.41, 5.74) is 0.986. The molecule has 0 saturated carbocycles. The minimum Gasteiger partial charge on any atom is -0.118 e. The van der Waals surface area contributed by atoms with Gasteiger partial charge in [0.05, 0.1) is 14.0 Å². The molecule has 0 fully saturated rings. The Morgan fingerprint density at radius 1 is 1.36 bits per heavy atom. The van der Waals surface area contributed by atoms with Crippen LogP contribution in [0.4, 0.5) is 0 Å². The Morgan fingerprint density at radius 3 is 2.57 bits per heavy atom. The van der Waals surface area contributed by atoms with Crippen LogP contribution in [0, 0.1) is 0 Å². The first-order valence-corrected chi connectivity index (χ1v) is 6.74. The topological polar surface area (TPSA) is 0 Å². The molecule has 14 heavy (non-hydrogen) atoms. The summed E-state index contributed by atoms with van der Waals surface area (Å²) < 4.78 is 1.44. The van der Waals surface area contributed by atoms with Crippen LogP contribution in [0.25, 0.3) is 0 Å². The van der Waals surface area contributed by atoms with E-state index in [0.717, 1.165) is 22.7 Å². The van der Waals surface area contributed by atoms with E-state index < -0.39 is 0 Å². The molecule has 4 heteroatoms. The zero-order valence-electron chi connectivity index (χ0n) is 8.03. The molecule has 0 aliphatic rings.